The van der Waals surface area contributed by atoms with E-state index in [9.17, 15) is 5.11 Å². The number of ether oxygens (including phenoxy) is 1. The van der Waals surface area contributed by atoms with Crippen LogP contribution in [0.25, 0.3) is 10.9 Å². The van der Waals surface area contributed by atoms with Gasteiger partial charge in [-0.3, -0.25) is 4.68 Å². The Morgan fingerprint density at radius 1 is 1.45 bits per heavy atom. The molecular formula is C16H22N2O2. The van der Waals surface area contributed by atoms with Crippen molar-refractivity contribution in [2.45, 2.75) is 45.4 Å². The van der Waals surface area contributed by atoms with E-state index in [0.717, 1.165) is 29.6 Å². The van der Waals surface area contributed by atoms with Crippen molar-refractivity contribution >= 4 is 10.9 Å². The van der Waals surface area contributed by atoms with Crippen LogP contribution in [-0.2, 0) is 17.7 Å². The molecule has 1 N–H and O–H groups in total. The van der Waals surface area contributed by atoms with Crippen molar-refractivity contribution in [1.29, 1.82) is 0 Å². The van der Waals surface area contributed by atoms with Crippen LogP contribution in [0.4, 0.5) is 0 Å². The van der Waals surface area contributed by atoms with Crippen molar-refractivity contribution in [3.05, 3.63) is 30.0 Å². The molecule has 1 aromatic heterocycles. The highest BCUT2D eigenvalue weighted by Gasteiger charge is 2.29. The zero-order valence-electron chi connectivity index (χ0n) is 12.1. The summed E-state index contributed by atoms with van der Waals surface area (Å²) in [5.41, 5.74) is 2.14. The molecular weight excluding hydrogens is 252 g/mol. The molecule has 0 bridgehead atoms. The van der Waals surface area contributed by atoms with E-state index in [1.165, 1.54) is 0 Å². The standard InChI is InChI=1S/C16H22N2O2/c1-3-18-15-7-5-4-6-13(15)14(17-18)9-16(19)12-8-11(2)20-10-12/h4-7,11-12,16,19H,3,8-10H2,1-2H3. The number of aryl methyl sites for hydroxylation is 1. The maximum absolute atomic E-state index is 10.4. The van der Waals surface area contributed by atoms with Gasteiger partial charge in [0.15, 0.2) is 0 Å². The minimum atomic E-state index is -0.372. The third-order valence-corrected chi connectivity index (χ3v) is 4.21. The zero-order valence-corrected chi connectivity index (χ0v) is 12.1. The molecule has 1 aliphatic rings. The van der Waals surface area contributed by atoms with Crippen molar-refractivity contribution in [3.8, 4) is 0 Å². The minimum absolute atomic E-state index is 0.232. The van der Waals surface area contributed by atoms with Crippen LogP contribution in [0.5, 0.6) is 0 Å². The summed E-state index contributed by atoms with van der Waals surface area (Å²) >= 11 is 0. The lowest BCUT2D eigenvalue weighted by atomic mass is 9.95. The molecule has 0 saturated carbocycles. The number of para-hydroxylation sites is 1. The van der Waals surface area contributed by atoms with Gasteiger partial charge in [-0.25, -0.2) is 0 Å². The van der Waals surface area contributed by atoms with E-state index in [-0.39, 0.29) is 18.1 Å². The summed E-state index contributed by atoms with van der Waals surface area (Å²) in [6, 6.07) is 8.23. The van der Waals surface area contributed by atoms with E-state index < -0.39 is 0 Å². The van der Waals surface area contributed by atoms with Crippen LogP contribution in [-0.4, -0.2) is 33.7 Å². The predicted molar refractivity (Wildman–Crippen MR) is 78.6 cm³/mol. The second-order valence-electron chi connectivity index (χ2n) is 5.69. The molecule has 1 fully saturated rings. The first-order valence-electron chi connectivity index (χ1n) is 7.43. The summed E-state index contributed by atoms with van der Waals surface area (Å²) in [5.74, 6) is 0.232. The maximum Gasteiger partial charge on any atom is 0.0729 e. The number of aromatic nitrogens is 2. The van der Waals surface area contributed by atoms with Crippen LogP contribution in [0.3, 0.4) is 0 Å². The van der Waals surface area contributed by atoms with Crippen LogP contribution in [0.15, 0.2) is 24.3 Å². The number of hydrogen-bond acceptors (Lipinski definition) is 3. The van der Waals surface area contributed by atoms with E-state index in [1.54, 1.807) is 0 Å². The Bertz CT molecular complexity index is 593. The summed E-state index contributed by atoms with van der Waals surface area (Å²) in [6.07, 6.45) is 1.44. The van der Waals surface area contributed by atoms with E-state index in [2.05, 4.69) is 31.1 Å². The molecule has 3 unspecified atom stereocenters. The highest BCUT2D eigenvalue weighted by Crippen LogP contribution is 2.26. The van der Waals surface area contributed by atoms with Crippen LogP contribution in [0.1, 0.15) is 26.0 Å². The SMILES string of the molecule is CCn1nc(CC(O)C2COC(C)C2)c2ccccc21. The number of aliphatic hydroxyl groups is 1. The number of aliphatic hydroxyl groups excluding tert-OH is 1. The van der Waals surface area contributed by atoms with Crippen molar-refractivity contribution in [2.24, 2.45) is 5.92 Å². The molecule has 0 aliphatic carbocycles. The molecule has 0 amide bonds. The highest BCUT2D eigenvalue weighted by atomic mass is 16.5. The zero-order chi connectivity index (χ0) is 14.1. The minimum Gasteiger partial charge on any atom is -0.392 e. The van der Waals surface area contributed by atoms with Gasteiger partial charge in [0.05, 0.1) is 30.0 Å². The molecule has 4 nitrogen and oxygen atoms in total. The van der Waals surface area contributed by atoms with Gasteiger partial charge in [0.25, 0.3) is 0 Å². The number of rotatable bonds is 4. The fraction of sp³-hybridized carbons (Fsp3) is 0.562. The van der Waals surface area contributed by atoms with E-state index in [4.69, 9.17) is 4.74 Å². The molecule has 2 heterocycles. The van der Waals surface area contributed by atoms with Gasteiger partial charge in [-0.05, 0) is 26.3 Å². The summed E-state index contributed by atoms with van der Waals surface area (Å²) in [6.45, 7) is 5.66. The number of hydrogen-bond donors (Lipinski definition) is 1. The van der Waals surface area contributed by atoms with Crippen molar-refractivity contribution < 1.29 is 9.84 Å². The predicted octanol–water partition coefficient (Wildman–Crippen LogP) is 2.38. The first kappa shape index (κ1) is 13.6. The molecule has 1 aliphatic heterocycles. The smallest absolute Gasteiger partial charge is 0.0729 e. The van der Waals surface area contributed by atoms with Crippen molar-refractivity contribution in [1.82, 2.24) is 9.78 Å². The van der Waals surface area contributed by atoms with Crippen LogP contribution >= 0.6 is 0 Å². The Labute approximate surface area is 119 Å². The molecule has 108 valence electrons. The lowest BCUT2D eigenvalue weighted by Gasteiger charge is -2.15. The van der Waals surface area contributed by atoms with Crippen molar-refractivity contribution in [3.63, 3.8) is 0 Å². The van der Waals surface area contributed by atoms with Crippen LogP contribution in [0.2, 0.25) is 0 Å². The topological polar surface area (TPSA) is 47.3 Å². The first-order chi connectivity index (χ1) is 9.69. The summed E-state index contributed by atoms with van der Waals surface area (Å²) < 4.78 is 7.56. The van der Waals surface area contributed by atoms with Crippen molar-refractivity contribution in [2.75, 3.05) is 6.61 Å². The molecule has 4 heteroatoms. The molecule has 2 aromatic rings. The third kappa shape index (κ3) is 2.45. The van der Waals surface area contributed by atoms with E-state index in [1.807, 2.05) is 16.8 Å². The average Bonchev–Trinajstić information content (AvgIpc) is 3.03. The highest BCUT2D eigenvalue weighted by molar-refractivity contribution is 5.82. The maximum atomic E-state index is 10.4. The molecule has 1 aromatic carbocycles. The van der Waals surface area contributed by atoms with Gasteiger partial charge in [0, 0.05) is 24.3 Å². The Hall–Kier alpha value is -1.39. The van der Waals surface area contributed by atoms with Gasteiger partial charge >= 0.3 is 0 Å². The Morgan fingerprint density at radius 3 is 2.95 bits per heavy atom. The van der Waals surface area contributed by atoms with Gasteiger partial charge in [-0.15, -0.1) is 0 Å². The fourth-order valence-corrected chi connectivity index (χ4v) is 3.07. The largest absolute Gasteiger partial charge is 0.392 e. The van der Waals surface area contributed by atoms with E-state index >= 15 is 0 Å². The second kappa shape index (κ2) is 5.54. The van der Waals surface area contributed by atoms with Gasteiger partial charge < -0.3 is 9.84 Å². The Balaban J connectivity index is 1.83. The van der Waals surface area contributed by atoms with Gasteiger partial charge in [0.2, 0.25) is 0 Å². The average molecular weight is 274 g/mol. The number of benzene rings is 1. The van der Waals surface area contributed by atoms with E-state index in [0.29, 0.717) is 13.0 Å². The lowest BCUT2D eigenvalue weighted by molar-refractivity contribution is 0.0802. The molecule has 0 spiro atoms. The normalized spacial score (nSPS) is 24.4. The van der Waals surface area contributed by atoms with Crippen LogP contribution < -0.4 is 0 Å². The molecule has 0 radical (unpaired) electrons. The third-order valence-electron chi connectivity index (χ3n) is 4.21. The quantitative estimate of drug-likeness (QED) is 0.931. The molecule has 1 saturated heterocycles. The summed E-state index contributed by atoms with van der Waals surface area (Å²) in [4.78, 5) is 0. The van der Waals surface area contributed by atoms with Gasteiger partial charge in [-0.1, -0.05) is 18.2 Å². The summed E-state index contributed by atoms with van der Waals surface area (Å²) in [7, 11) is 0. The Kier molecular flexibility index (Phi) is 3.76. The second-order valence-corrected chi connectivity index (χ2v) is 5.69. The number of fused-ring (bicyclic) bond motifs is 1. The van der Waals surface area contributed by atoms with Gasteiger partial charge in [0.1, 0.15) is 0 Å². The van der Waals surface area contributed by atoms with Gasteiger partial charge in [-0.2, -0.15) is 5.10 Å². The molecule has 20 heavy (non-hydrogen) atoms. The number of nitrogens with zero attached hydrogens (tertiary/aromatic N) is 2. The first-order valence-corrected chi connectivity index (χ1v) is 7.43. The molecule has 3 rings (SSSR count). The fourth-order valence-electron chi connectivity index (χ4n) is 3.07. The summed E-state index contributed by atoms with van der Waals surface area (Å²) in [5, 5.41) is 16.2. The Morgan fingerprint density at radius 2 is 2.25 bits per heavy atom. The monoisotopic (exact) mass is 274 g/mol. The molecule has 3 atom stereocenters. The van der Waals surface area contributed by atoms with Crippen LogP contribution in [0, 0.1) is 5.92 Å². The lowest BCUT2D eigenvalue weighted by Crippen LogP contribution is -2.23.